The molecule has 1 fully saturated rings. The van der Waals surface area contributed by atoms with Gasteiger partial charge in [-0.25, -0.2) is 8.78 Å². The molecule has 1 aliphatic heterocycles. The largest absolute Gasteiger partial charge is 0.391 e. The van der Waals surface area contributed by atoms with E-state index >= 15 is 0 Å². The summed E-state index contributed by atoms with van der Waals surface area (Å²) in [5.41, 5.74) is 2.07. The summed E-state index contributed by atoms with van der Waals surface area (Å²) in [7, 11) is 0. The number of halogens is 2. The Kier molecular flexibility index (Phi) is 4.62. The van der Waals surface area contributed by atoms with Crippen molar-refractivity contribution in [1.82, 2.24) is 4.90 Å². The van der Waals surface area contributed by atoms with E-state index in [0.717, 1.165) is 29.3 Å². The van der Waals surface area contributed by atoms with Gasteiger partial charge >= 0.3 is 0 Å². The normalized spacial score (nSPS) is 20.4. The van der Waals surface area contributed by atoms with Crippen LogP contribution in [0.1, 0.15) is 29.2 Å². The lowest BCUT2D eigenvalue weighted by Gasteiger charge is -2.25. The standard InChI is InChI=1S/C19H19F2NO2/c1-12-2-4-13(5-3-12)8-19(24)22-11-15(23)10-18(22)16-9-14(20)6-7-17(16)21/h2-7,9,15,18,23H,8,10-11H2,1H3. The van der Waals surface area contributed by atoms with Crippen LogP contribution in [-0.4, -0.2) is 28.6 Å². The van der Waals surface area contributed by atoms with Crippen LogP contribution in [-0.2, 0) is 11.2 Å². The van der Waals surface area contributed by atoms with Crippen molar-refractivity contribution in [2.45, 2.75) is 31.9 Å². The van der Waals surface area contributed by atoms with Gasteiger partial charge in [0.2, 0.25) is 5.91 Å². The monoisotopic (exact) mass is 331 g/mol. The highest BCUT2D eigenvalue weighted by atomic mass is 19.1. The van der Waals surface area contributed by atoms with Crippen LogP contribution < -0.4 is 0 Å². The number of nitrogens with zero attached hydrogens (tertiary/aromatic N) is 1. The summed E-state index contributed by atoms with van der Waals surface area (Å²) in [4.78, 5) is 14.1. The summed E-state index contributed by atoms with van der Waals surface area (Å²) in [5, 5.41) is 9.93. The van der Waals surface area contributed by atoms with E-state index in [0.29, 0.717) is 0 Å². The van der Waals surface area contributed by atoms with Crippen molar-refractivity contribution in [2.75, 3.05) is 6.54 Å². The molecule has 2 atom stereocenters. The molecule has 1 heterocycles. The van der Waals surface area contributed by atoms with Crippen LogP contribution >= 0.6 is 0 Å². The lowest BCUT2D eigenvalue weighted by atomic mass is 10.0. The smallest absolute Gasteiger partial charge is 0.227 e. The SMILES string of the molecule is Cc1ccc(CC(=O)N2CC(O)CC2c2cc(F)ccc2F)cc1. The number of benzene rings is 2. The molecule has 1 amide bonds. The minimum Gasteiger partial charge on any atom is -0.391 e. The topological polar surface area (TPSA) is 40.5 Å². The molecule has 0 saturated carbocycles. The van der Waals surface area contributed by atoms with E-state index in [1.54, 1.807) is 0 Å². The van der Waals surface area contributed by atoms with E-state index in [2.05, 4.69) is 0 Å². The van der Waals surface area contributed by atoms with Crippen LogP contribution in [0.5, 0.6) is 0 Å². The number of aryl methyl sites for hydroxylation is 1. The molecule has 0 bridgehead atoms. The maximum absolute atomic E-state index is 14.1. The summed E-state index contributed by atoms with van der Waals surface area (Å²) in [6.07, 6.45) is -0.361. The third-order valence-electron chi connectivity index (χ3n) is 4.39. The second kappa shape index (κ2) is 6.69. The quantitative estimate of drug-likeness (QED) is 0.939. The lowest BCUT2D eigenvalue weighted by Crippen LogP contribution is -2.33. The van der Waals surface area contributed by atoms with Gasteiger partial charge in [-0.15, -0.1) is 0 Å². The van der Waals surface area contributed by atoms with Gasteiger partial charge in [0.05, 0.1) is 18.6 Å². The Morgan fingerprint density at radius 3 is 2.62 bits per heavy atom. The first-order valence-electron chi connectivity index (χ1n) is 7.92. The highest BCUT2D eigenvalue weighted by molar-refractivity contribution is 5.79. The summed E-state index contributed by atoms with van der Waals surface area (Å²) in [6.45, 7) is 2.09. The zero-order valence-corrected chi connectivity index (χ0v) is 13.4. The molecule has 2 aromatic carbocycles. The van der Waals surface area contributed by atoms with E-state index < -0.39 is 23.8 Å². The van der Waals surface area contributed by atoms with Gasteiger partial charge in [-0.05, 0) is 37.1 Å². The Morgan fingerprint density at radius 2 is 1.92 bits per heavy atom. The highest BCUT2D eigenvalue weighted by Crippen LogP contribution is 2.34. The molecule has 0 spiro atoms. The van der Waals surface area contributed by atoms with Gasteiger partial charge in [0, 0.05) is 12.1 Å². The van der Waals surface area contributed by atoms with E-state index in [1.807, 2.05) is 31.2 Å². The molecule has 3 nitrogen and oxygen atoms in total. The molecule has 0 radical (unpaired) electrons. The molecule has 3 rings (SSSR count). The first-order chi connectivity index (χ1) is 11.4. The van der Waals surface area contributed by atoms with Crippen molar-refractivity contribution < 1.29 is 18.7 Å². The predicted octanol–water partition coefficient (Wildman–Crippen LogP) is 3.15. The minimum absolute atomic E-state index is 0.115. The molecule has 0 aliphatic carbocycles. The van der Waals surface area contributed by atoms with Gasteiger partial charge in [0.25, 0.3) is 0 Å². The second-order valence-electron chi connectivity index (χ2n) is 6.28. The van der Waals surface area contributed by atoms with Crippen LogP contribution in [0, 0.1) is 18.6 Å². The van der Waals surface area contributed by atoms with Gasteiger partial charge < -0.3 is 10.0 Å². The van der Waals surface area contributed by atoms with E-state index in [-0.39, 0.29) is 30.9 Å². The van der Waals surface area contributed by atoms with Gasteiger partial charge in [0.15, 0.2) is 0 Å². The molecule has 0 aromatic heterocycles. The van der Waals surface area contributed by atoms with Crippen molar-refractivity contribution in [2.24, 2.45) is 0 Å². The molecular weight excluding hydrogens is 312 g/mol. The Hall–Kier alpha value is -2.27. The van der Waals surface area contributed by atoms with E-state index in [4.69, 9.17) is 0 Å². The van der Waals surface area contributed by atoms with Crippen molar-refractivity contribution in [3.05, 3.63) is 70.8 Å². The highest BCUT2D eigenvalue weighted by Gasteiger charge is 2.36. The van der Waals surface area contributed by atoms with Crippen molar-refractivity contribution in [3.8, 4) is 0 Å². The lowest BCUT2D eigenvalue weighted by molar-refractivity contribution is -0.131. The molecule has 2 aromatic rings. The fraction of sp³-hybridized carbons (Fsp3) is 0.316. The average molecular weight is 331 g/mol. The summed E-state index contributed by atoms with van der Waals surface area (Å²) >= 11 is 0. The second-order valence-corrected chi connectivity index (χ2v) is 6.28. The van der Waals surface area contributed by atoms with Gasteiger partial charge in [-0.3, -0.25) is 4.79 Å². The molecular formula is C19H19F2NO2. The zero-order valence-electron chi connectivity index (χ0n) is 13.4. The minimum atomic E-state index is -0.736. The molecule has 24 heavy (non-hydrogen) atoms. The number of hydrogen-bond acceptors (Lipinski definition) is 2. The maximum atomic E-state index is 14.1. The number of aliphatic hydroxyl groups excluding tert-OH is 1. The van der Waals surface area contributed by atoms with E-state index in [1.165, 1.54) is 4.90 Å². The number of likely N-dealkylation sites (tertiary alicyclic amines) is 1. The molecule has 5 heteroatoms. The van der Waals surface area contributed by atoms with Crippen molar-refractivity contribution in [3.63, 3.8) is 0 Å². The fourth-order valence-electron chi connectivity index (χ4n) is 3.14. The van der Waals surface area contributed by atoms with Gasteiger partial charge in [0.1, 0.15) is 11.6 Å². The van der Waals surface area contributed by atoms with Crippen LogP contribution in [0.2, 0.25) is 0 Å². The van der Waals surface area contributed by atoms with Gasteiger partial charge in [-0.1, -0.05) is 29.8 Å². The van der Waals surface area contributed by atoms with Crippen LogP contribution in [0.25, 0.3) is 0 Å². The third kappa shape index (κ3) is 3.46. The van der Waals surface area contributed by atoms with E-state index in [9.17, 15) is 18.7 Å². The fourth-order valence-corrected chi connectivity index (χ4v) is 3.14. The third-order valence-corrected chi connectivity index (χ3v) is 4.39. The zero-order chi connectivity index (χ0) is 17.3. The average Bonchev–Trinajstić information content (AvgIpc) is 2.94. The number of aliphatic hydroxyl groups is 1. The van der Waals surface area contributed by atoms with Crippen molar-refractivity contribution >= 4 is 5.91 Å². The van der Waals surface area contributed by atoms with Crippen LogP contribution in [0.15, 0.2) is 42.5 Å². The number of amides is 1. The number of carbonyl (C=O) groups excluding carboxylic acids is 1. The Labute approximate surface area is 139 Å². The number of carbonyl (C=O) groups is 1. The number of hydrogen-bond donors (Lipinski definition) is 1. The first kappa shape index (κ1) is 16.6. The van der Waals surface area contributed by atoms with Crippen LogP contribution in [0.4, 0.5) is 8.78 Å². The molecule has 1 saturated heterocycles. The number of β-amino-alcohol motifs (C(OH)–C–C–N with tert-alkyl or cyclic N) is 1. The molecule has 1 N–H and O–H groups in total. The summed E-state index contributed by atoms with van der Waals surface area (Å²) in [5.74, 6) is -1.33. The Bertz CT molecular complexity index is 746. The van der Waals surface area contributed by atoms with Crippen LogP contribution in [0.3, 0.4) is 0 Å². The maximum Gasteiger partial charge on any atom is 0.227 e. The van der Waals surface area contributed by atoms with Gasteiger partial charge in [-0.2, -0.15) is 0 Å². The van der Waals surface area contributed by atoms with Crippen molar-refractivity contribution in [1.29, 1.82) is 0 Å². The molecule has 1 aliphatic rings. The first-order valence-corrected chi connectivity index (χ1v) is 7.92. The predicted molar refractivity (Wildman–Crippen MR) is 86.3 cm³/mol. The summed E-state index contributed by atoms with van der Waals surface area (Å²) < 4.78 is 27.5. The number of rotatable bonds is 3. The molecule has 2 unspecified atom stereocenters. The molecule has 126 valence electrons. The Balaban J connectivity index is 1.83. The summed E-state index contributed by atoms with van der Waals surface area (Å²) in [6, 6.07) is 10.1. The Morgan fingerprint density at radius 1 is 1.21 bits per heavy atom.